The van der Waals surface area contributed by atoms with Crippen LogP contribution in [0.1, 0.15) is 80.1 Å². The van der Waals surface area contributed by atoms with Crippen LogP contribution in [0, 0.1) is 28.6 Å². The summed E-state index contributed by atoms with van der Waals surface area (Å²) < 4.78 is 16.3. The van der Waals surface area contributed by atoms with E-state index in [1.54, 1.807) is 19.9 Å². The minimum Gasteiger partial charge on any atom is -0.461 e. The molecule has 0 unspecified atom stereocenters. The Kier molecular flexibility index (Phi) is 7.17. The number of allylic oxidation sites excluding steroid dienone is 2. The lowest BCUT2D eigenvalue weighted by molar-refractivity contribution is -0.215. The zero-order valence-electron chi connectivity index (χ0n) is 24.8. The van der Waals surface area contributed by atoms with Gasteiger partial charge < -0.3 is 24.4 Å². The van der Waals surface area contributed by atoms with E-state index in [0.717, 1.165) is 5.57 Å². The molecule has 0 aromatic rings. The van der Waals surface area contributed by atoms with Crippen molar-refractivity contribution in [3.63, 3.8) is 0 Å². The van der Waals surface area contributed by atoms with Crippen molar-refractivity contribution in [2.75, 3.05) is 6.61 Å². The molecule has 41 heavy (non-hydrogen) atoms. The van der Waals surface area contributed by atoms with E-state index in [9.17, 15) is 29.4 Å². The fourth-order valence-corrected chi connectivity index (χ4v) is 9.12. The van der Waals surface area contributed by atoms with Crippen LogP contribution in [0.5, 0.6) is 0 Å². The van der Waals surface area contributed by atoms with Gasteiger partial charge in [0.1, 0.15) is 24.4 Å². The third kappa shape index (κ3) is 4.33. The molecule has 2 fully saturated rings. The number of carbonyl (C=O) groups excluding carboxylic acids is 4. The number of fused-ring (bicyclic) bond motifs is 5. The third-order valence-electron chi connectivity index (χ3n) is 11.4. The Bertz CT molecular complexity index is 1270. The van der Waals surface area contributed by atoms with E-state index in [4.69, 9.17) is 14.2 Å². The summed E-state index contributed by atoms with van der Waals surface area (Å²) >= 11 is 0. The first-order chi connectivity index (χ1) is 19.1. The van der Waals surface area contributed by atoms with Crippen LogP contribution >= 0.6 is 0 Å². The Labute approximate surface area is 241 Å². The van der Waals surface area contributed by atoms with E-state index in [1.807, 2.05) is 19.9 Å². The third-order valence-corrected chi connectivity index (χ3v) is 11.4. The largest absolute Gasteiger partial charge is 0.461 e. The maximum absolute atomic E-state index is 13.4. The topological polar surface area (TPSA) is 136 Å². The molecule has 0 bridgehead atoms. The second-order valence-corrected chi connectivity index (χ2v) is 13.4. The molecule has 0 aromatic carbocycles. The zero-order chi connectivity index (χ0) is 30.1. The SMILES string of the molecule is CC(=O)OCC1=C(C)C[C@H]([C@](C)(O)[C@H]2CC[C@@]3(O)[C@@H]4CC=C5[C@@H](OC(C)=O)C=CC(=O)[C@]5(C)[C@H]4CC[C@]23C)OC1=O. The average Bonchev–Trinajstić information content (AvgIpc) is 3.17. The highest BCUT2D eigenvalue weighted by molar-refractivity contribution is 5.99. The Morgan fingerprint density at radius 1 is 1.12 bits per heavy atom. The molecule has 1 heterocycles. The predicted molar refractivity (Wildman–Crippen MR) is 147 cm³/mol. The van der Waals surface area contributed by atoms with E-state index < -0.39 is 52.1 Å². The van der Waals surface area contributed by atoms with Gasteiger partial charge in [-0.05, 0) is 88.4 Å². The molecule has 224 valence electrons. The van der Waals surface area contributed by atoms with E-state index in [0.29, 0.717) is 44.1 Å². The number of ketones is 1. The lowest BCUT2D eigenvalue weighted by atomic mass is 9.45. The number of hydrogen-bond acceptors (Lipinski definition) is 9. The van der Waals surface area contributed by atoms with Crippen LogP contribution in [0.4, 0.5) is 0 Å². The van der Waals surface area contributed by atoms with Gasteiger partial charge in [0.05, 0.1) is 16.6 Å². The van der Waals surface area contributed by atoms with Crippen molar-refractivity contribution in [3.8, 4) is 0 Å². The summed E-state index contributed by atoms with van der Waals surface area (Å²) in [5.41, 5.74) is -2.38. The molecule has 2 N–H and O–H groups in total. The van der Waals surface area contributed by atoms with Crippen molar-refractivity contribution in [2.45, 2.75) is 103 Å². The molecule has 5 aliphatic rings. The van der Waals surface area contributed by atoms with Crippen LogP contribution in [0.3, 0.4) is 0 Å². The Morgan fingerprint density at radius 2 is 1.83 bits per heavy atom. The molecule has 9 heteroatoms. The molecule has 0 amide bonds. The molecule has 9 atom stereocenters. The molecule has 0 aromatic heterocycles. The molecular weight excluding hydrogens is 528 g/mol. The van der Waals surface area contributed by atoms with Gasteiger partial charge in [-0.15, -0.1) is 0 Å². The van der Waals surface area contributed by atoms with Gasteiger partial charge in [0.2, 0.25) is 0 Å². The standard InChI is InChI=1S/C32H42O9/c1-17-15-27(41-28(36)20(17)16-39-18(2)33)31(6,37)25-12-14-32(38)22-7-8-23-24(40-19(3)34)9-10-26(35)30(23,5)21(22)11-13-29(25,32)4/h8-10,21-22,24-25,27,37-38H,7,11-16H2,1-6H3/t21-,22+,24-,25-,27+,29+,30+,31+,32+/m0/s1. The van der Waals surface area contributed by atoms with E-state index in [2.05, 4.69) is 0 Å². The highest BCUT2D eigenvalue weighted by Crippen LogP contribution is 2.69. The molecule has 2 saturated carbocycles. The predicted octanol–water partition coefficient (Wildman–Crippen LogP) is 3.51. The smallest absolute Gasteiger partial charge is 0.337 e. The first kappa shape index (κ1) is 29.7. The fourth-order valence-electron chi connectivity index (χ4n) is 9.12. The number of esters is 3. The van der Waals surface area contributed by atoms with Crippen molar-refractivity contribution in [2.24, 2.45) is 28.6 Å². The van der Waals surface area contributed by atoms with Gasteiger partial charge in [-0.25, -0.2) is 4.79 Å². The van der Waals surface area contributed by atoms with E-state index >= 15 is 0 Å². The van der Waals surface area contributed by atoms with Crippen LogP contribution in [0.2, 0.25) is 0 Å². The lowest BCUT2D eigenvalue weighted by Crippen LogP contribution is -2.64. The molecule has 0 radical (unpaired) electrons. The van der Waals surface area contributed by atoms with Crippen molar-refractivity contribution in [1.29, 1.82) is 0 Å². The maximum Gasteiger partial charge on any atom is 0.337 e. The van der Waals surface area contributed by atoms with Gasteiger partial charge >= 0.3 is 17.9 Å². The molecule has 1 aliphatic heterocycles. The highest BCUT2D eigenvalue weighted by Gasteiger charge is 2.70. The molecule has 0 spiro atoms. The second kappa shape index (κ2) is 9.90. The molecule has 5 rings (SSSR count). The maximum atomic E-state index is 13.4. The number of carbonyl (C=O) groups is 4. The minimum absolute atomic E-state index is 0.0449. The minimum atomic E-state index is -1.43. The van der Waals surface area contributed by atoms with Gasteiger partial charge in [-0.1, -0.05) is 18.6 Å². The first-order valence-corrected chi connectivity index (χ1v) is 14.7. The fraction of sp³-hybridized carbons (Fsp3) is 0.688. The summed E-state index contributed by atoms with van der Waals surface area (Å²) in [6, 6.07) is 0. The van der Waals surface area contributed by atoms with Gasteiger partial charge in [0.15, 0.2) is 5.78 Å². The normalized spacial score (nSPS) is 41.4. The zero-order valence-corrected chi connectivity index (χ0v) is 24.8. The van der Waals surface area contributed by atoms with Crippen molar-refractivity contribution in [1.82, 2.24) is 0 Å². The summed E-state index contributed by atoms with van der Waals surface area (Å²) in [4.78, 5) is 49.4. The van der Waals surface area contributed by atoms with Crippen LogP contribution in [-0.2, 0) is 33.4 Å². The van der Waals surface area contributed by atoms with Gasteiger partial charge in [0.25, 0.3) is 0 Å². The monoisotopic (exact) mass is 570 g/mol. The number of ether oxygens (including phenoxy) is 3. The number of rotatable bonds is 5. The lowest BCUT2D eigenvalue weighted by Gasteiger charge is -2.61. The van der Waals surface area contributed by atoms with Crippen LogP contribution in [0.15, 0.2) is 34.9 Å². The van der Waals surface area contributed by atoms with Crippen molar-refractivity contribution < 1.29 is 43.6 Å². The Morgan fingerprint density at radius 3 is 2.46 bits per heavy atom. The van der Waals surface area contributed by atoms with Crippen LogP contribution in [-0.4, -0.2) is 63.9 Å². The van der Waals surface area contributed by atoms with Gasteiger partial charge in [-0.2, -0.15) is 0 Å². The quantitative estimate of drug-likeness (QED) is 0.289. The van der Waals surface area contributed by atoms with Crippen molar-refractivity contribution in [3.05, 3.63) is 34.9 Å². The number of hydrogen-bond donors (Lipinski definition) is 2. The number of aliphatic hydroxyl groups is 2. The summed E-state index contributed by atoms with van der Waals surface area (Å²) in [5.74, 6) is -2.30. The van der Waals surface area contributed by atoms with Crippen LogP contribution < -0.4 is 0 Å². The van der Waals surface area contributed by atoms with Gasteiger partial charge in [0, 0.05) is 25.7 Å². The summed E-state index contributed by atoms with van der Waals surface area (Å²) in [6.45, 7) is 9.88. The molecular formula is C32H42O9. The van der Waals surface area contributed by atoms with E-state index in [-0.39, 0.29) is 35.7 Å². The second-order valence-electron chi connectivity index (χ2n) is 13.4. The van der Waals surface area contributed by atoms with Gasteiger partial charge in [-0.3, -0.25) is 14.4 Å². The van der Waals surface area contributed by atoms with Crippen molar-refractivity contribution >= 4 is 23.7 Å². The van der Waals surface area contributed by atoms with Crippen LogP contribution in [0.25, 0.3) is 0 Å². The molecule has 0 saturated heterocycles. The molecule has 9 nitrogen and oxygen atoms in total. The highest BCUT2D eigenvalue weighted by atomic mass is 16.6. The summed E-state index contributed by atoms with van der Waals surface area (Å²) in [5, 5.41) is 24.6. The Balaban J connectivity index is 1.43. The molecule has 4 aliphatic carbocycles. The Hall–Kier alpha value is -2.78. The summed E-state index contributed by atoms with van der Waals surface area (Å²) in [6.07, 6.45) is 6.78. The number of cyclic esters (lactones) is 1. The van der Waals surface area contributed by atoms with E-state index in [1.165, 1.54) is 19.9 Å². The first-order valence-electron chi connectivity index (χ1n) is 14.7. The summed E-state index contributed by atoms with van der Waals surface area (Å²) in [7, 11) is 0. The average molecular weight is 571 g/mol.